The standard InChI is InChI=1S/C21H19N3O5/c1-2-27-12-16-15-8-4-6-10-18(15)29-20(16)21(26)24-23-19(25)13-28-17-9-5-3-7-14(17)11-22/h3-10H,2,12-13H2,1H3,(H,23,25)(H,24,26). The SMILES string of the molecule is CCOCc1c(C(=O)NNC(=O)COc2ccccc2C#N)oc2ccccc12. The molecule has 0 atom stereocenters. The molecular weight excluding hydrogens is 374 g/mol. The van der Waals surface area contributed by atoms with Gasteiger partial charge in [0, 0.05) is 17.6 Å². The lowest BCUT2D eigenvalue weighted by atomic mass is 10.1. The summed E-state index contributed by atoms with van der Waals surface area (Å²) in [6, 6.07) is 15.8. The van der Waals surface area contributed by atoms with Crippen LogP contribution in [0.4, 0.5) is 0 Å². The highest BCUT2D eigenvalue weighted by Crippen LogP contribution is 2.26. The van der Waals surface area contributed by atoms with Gasteiger partial charge in [-0.15, -0.1) is 0 Å². The summed E-state index contributed by atoms with van der Waals surface area (Å²) in [6.45, 7) is 2.18. The maximum atomic E-state index is 12.5. The van der Waals surface area contributed by atoms with E-state index in [1.165, 1.54) is 0 Å². The molecule has 1 heterocycles. The van der Waals surface area contributed by atoms with Crippen LogP contribution in [-0.2, 0) is 16.1 Å². The van der Waals surface area contributed by atoms with E-state index in [0.29, 0.717) is 23.3 Å². The van der Waals surface area contributed by atoms with Crippen LogP contribution in [0.25, 0.3) is 11.0 Å². The Morgan fingerprint density at radius 1 is 1.10 bits per heavy atom. The van der Waals surface area contributed by atoms with Crippen LogP contribution in [0.5, 0.6) is 5.75 Å². The van der Waals surface area contributed by atoms with Gasteiger partial charge < -0.3 is 13.9 Å². The Morgan fingerprint density at radius 3 is 2.66 bits per heavy atom. The molecule has 3 rings (SSSR count). The smallest absolute Gasteiger partial charge is 0.305 e. The average Bonchev–Trinajstić information content (AvgIpc) is 3.13. The zero-order valence-corrected chi connectivity index (χ0v) is 15.7. The van der Waals surface area contributed by atoms with Crippen molar-refractivity contribution >= 4 is 22.8 Å². The Balaban J connectivity index is 1.63. The predicted octanol–water partition coefficient (Wildman–Crippen LogP) is 2.68. The lowest BCUT2D eigenvalue weighted by molar-refractivity contribution is -0.123. The molecule has 0 spiro atoms. The summed E-state index contributed by atoms with van der Waals surface area (Å²) in [7, 11) is 0. The first-order chi connectivity index (χ1) is 14.1. The molecule has 2 aromatic carbocycles. The molecule has 0 bridgehead atoms. The van der Waals surface area contributed by atoms with Gasteiger partial charge >= 0.3 is 5.91 Å². The molecule has 0 aliphatic heterocycles. The fourth-order valence-electron chi connectivity index (χ4n) is 2.68. The summed E-state index contributed by atoms with van der Waals surface area (Å²) in [6.07, 6.45) is 0. The van der Waals surface area contributed by atoms with Crippen LogP contribution in [-0.4, -0.2) is 25.0 Å². The van der Waals surface area contributed by atoms with Gasteiger partial charge in [-0.2, -0.15) is 5.26 Å². The normalized spacial score (nSPS) is 10.3. The average molecular weight is 393 g/mol. The van der Waals surface area contributed by atoms with E-state index in [0.717, 1.165) is 5.39 Å². The summed E-state index contributed by atoms with van der Waals surface area (Å²) in [5.41, 5.74) is 6.05. The van der Waals surface area contributed by atoms with Crippen LogP contribution in [0.15, 0.2) is 52.9 Å². The van der Waals surface area contributed by atoms with E-state index in [-0.39, 0.29) is 24.7 Å². The van der Waals surface area contributed by atoms with Gasteiger partial charge in [0.05, 0.1) is 12.2 Å². The van der Waals surface area contributed by atoms with E-state index < -0.39 is 11.8 Å². The van der Waals surface area contributed by atoms with Gasteiger partial charge in [-0.1, -0.05) is 30.3 Å². The Morgan fingerprint density at radius 2 is 1.86 bits per heavy atom. The Hall–Kier alpha value is -3.83. The third-order valence-corrected chi connectivity index (χ3v) is 4.04. The molecule has 0 radical (unpaired) electrons. The number of carbonyl (C=O) groups excluding carboxylic acids is 2. The highest BCUT2D eigenvalue weighted by molar-refractivity contribution is 5.99. The van der Waals surface area contributed by atoms with E-state index in [4.69, 9.17) is 19.2 Å². The van der Waals surface area contributed by atoms with E-state index in [2.05, 4.69) is 10.9 Å². The third-order valence-electron chi connectivity index (χ3n) is 4.04. The van der Waals surface area contributed by atoms with Crippen molar-refractivity contribution < 1.29 is 23.5 Å². The molecular formula is C21H19N3O5. The molecule has 0 fully saturated rings. The number of hydrazine groups is 1. The summed E-state index contributed by atoms with van der Waals surface area (Å²) in [5, 5.41) is 9.80. The fraction of sp³-hybridized carbons (Fsp3) is 0.190. The van der Waals surface area contributed by atoms with Gasteiger partial charge in [0.25, 0.3) is 5.91 Å². The first-order valence-corrected chi connectivity index (χ1v) is 8.93. The summed E-state index contributed by atoms with van der Waals surface area (Å²) in [5.74, 6) is -0.848. The molecule has 2 amide bonds. The van der Waals surface area contributed by atoms with Gasteiger partial charge in [0.2, 0.25) is 0 Å². The lowest BCUT2D eigenvalue weighted by Crippen LogP contribution is -2.44. The topological polar surface area (TPSA) is 114 Å². The first kappa shape index (κ1) is 19.9. The minimum Gasteiger partial charge on any atom is -0.482 e. The minimum atomic E-state index is -0.610. The van der Waals surface area contributed by atoms with Crippen molar-refractivity contribution in [3.05, 3.63) is 65.4 Å². The second kappa shape index (κ2) is 9.39. The number of carbonyl (C=O) groups is 2. The summed E-state index contributed by atoms with van der Waals surface area (Å²) in [4.78, 5) is 24.5. The molecule has 0 aliphatic rings. The number of rotatable bonds is 7. The number of nitriles is 1. The molecule has 3 aromatic rings. The van der Waals surface area contributed by atoms with E-state index in [9.17, 15) is 9.59 Å². The monoisotopic (exact) mass is 393 g/mol. The molecule has 148 valence electrons. The number of para-hydroxylation sites is 2. The van der Waals surface area contributed by atoms with Gasteiger partial charge in [0.1, 0.15) is 17.4 Å². The van der Waals surface area contributed by atoms with Crippen LogP contribution < -0.4 is 15.6 Å². The molecule has 0 saturated heterocycles. The molecule has 1 aromatic heterocycles. The highest BCUT2D eigenvalue weighted by atomic mass is 16.5. The van der Waals surface area contributed by atoms with Crippen molar-refractivity contribution in [3.8, 4) is 11.8 Å². The highest BCUT2D eigenvalue weighted by Gasteiger charge is 2.21. The van der Waals surface area contributed by atoms with Gasteiger partial charge in [0.15, 0.2) is 12.4 Å². The molecule has 0 unspecified atom stereocenters. The third kappa shape index (κ3) is 4.72. The van der Waals surface area contributed by atoms with Crippen molar-refractivity contribution in [1.82, 2.24) is 10.9 Å². The molecule has 0 saturated carbocycles. The Labute approximate surface area is 167 Å². The number of amides is 2. The minimum absolute atomic E-state index is 0.0655. The van der Waals surface area contributed by atoms with E-state index in [1.54, 1.807) is 36.4 Å². The molecule has 0 aliphatic carbocycles. The van der Waals surface area contributed by atoms with Gasteiger partial charge in [-0.3, -0.25) is 20.4 Å². The number of nitrogens with one attached hydrogen (secondary N) is 2. The van der Waals surface area contributed by atoms with Crippen molar-refractivity contribution in [2.75, 3.05) is 13.2 Å². The fourth-order valence-corrected chi connectivity index (χ4v) is 2.68. The molecule has 8 heteroatoms. The van der Waals surface area contributed by atoms with E-state index >= 15 is 0 Å². The second-order valence-electron chi connectivity index (χ2n) is 5.94. The maximum Gasteiger partial charge on any atom is 0.305 e. The molecule has 2 N–H and O–H groups in total. The number of nitrogens with zero attached hydrogens (tertiary/aromatic N) is 1. The van der Waals surface area contributed by atoms with Gasteiger partial charge in [-0.05, 0) is 25.1 Å². The lowest BCUT2D eigenvalue weighted by Gasteiger charge is -2.09. The molecule has 29 heavy (non-hydrogen) atoms. The number of benzene rings is 2. The van der Waals surface area contributed by atoms with Crippen molar-refractivity contribution in [3.63, 3.8) is 0 Å². The second-order valence-corrected chi connectivity index (χ2v) is 5.94. The van der Waals surface area contributed by atoms with Crippen molar-refractivity contribution in [1.29, 1.82) is 5.26 Å². The number of hydrogen-bond acceptors (Lipinski definition) is 6. The van der Waals surface area contributed by atoms with E-state index in [1.807, 2.05) is 25.1 Å². The largest absolute Gasteiger partial charge is 0.482 e. The summed E-state index contributed by atoms with van der Waals surface area (Å²) >= 11 is 0. The first-order valence-electron chi connectivity index (χ1n) is 8.93. The number of hydrogen-bond donors (Lipinski definition) is 2. The number of furan rings is 1. The molecule has 8 nitrogen and oxygen atoms in total. The Kier molecular flexibility index (Phi) is 6.45. The van der Waals surface area contributed by atoms with Crippen LogP contribution >= 0.6 is 0 Å². The quantitative estimate of drug-likeness (QED) is 0.597. The van der Waals surface area contributed by atoms with Crippen LogP contribution in [0, 0.1) is 11.3 Å². The zero-order chi connectivity index (χ0) is 20.6. The predicted molar refractivity (Wildman–Crippen MR) is 104 cm³/mol. The van der Waals surface area contributed by atoms with Crippen LogP contribution in [0.3, 0.4) is 0 Å². The maximum absolute atomic E-state index is 12.5. The summed E-state index contributed by atoms with van der Waals surface area (Å²) < 4.78 is 16.4. The van der Waals surface area contributed by atoms with Crippen molar-refractivity contribution in [2.45, 2.75) is 13.5 Å². The van der Waals surface area contributed by atoms with Gasteiger partial charge in [-0.25, -0.2) is 0 Å². The van der Waals surface area contributed by atoms with Crippen molar-refractivity contribution in [2.24, 2.45) is 0 Å². The zero-order valence-electron chi connectivity index (χ0n) is 15.7. The number of ether oxygens (including phenoxy) is 2. The Bertz CT molecular complexity index is 1070. The number of fused-ring (bicyclic) bond motifs is 1. The van der Waals surface area contributed by atoms with Crippen LogP contribution in [0.1, 0.15) is 28.6 Å². The van der Waals surface area contributed by atoms with Crippen LogP contribution in [0.2, 0.25) is 0 Å².